The Hall–Kier alpha value is -1.65. The highest BCUT2D eigenvalue weighted by atomic mass is 16.3. The first-order chi connectivity index (χ1) is 23.2. The van der Waals surface area contributed by atoms with Crippen molar-refractivity contribution < 1.29 is 15.0 Å². The molecule has 0 bridgehead atoms. The van der Waals surface area contributed by atoms with Crippen LogP contribution in [0.15, 0.2) is 48.6 Å². The van der Waals surface area contributed by atoms with Gasteiger partial charge in [0.2, 0.25) is 5.91 Å². The average molecular weight is 658 g/mol. The van der Waals surface area contributed by atoms with E-state index in [1.165, 1.54) is 122 Å². The number of hydrogen-bond donors (Lipinski definition) is 3. The maximum Gasteiger partial charge on any atom is 0.220 e. The lowest BCUT2D eigenvalue weighted by Gasteiger charge is -2.19. The Labute approximate surface area is 293 Å². The normalized spacial score (nSPS) is 13.5. The van der Waals surface area contributed by atoms with Crippen molar-refractivity contribution in [3.63, 3.8) is 0 Å². The van der Waals surface area contributed by atoms with E-state index >= 15 is 0 Å². The minimum absolute atomic E-state index is 0.0941. The molecule has 0 aromatic rings. The molecule has 0 aliphatic heterocycles. The number of amides is 1. The van der Waals surface area contributed by atoms with Crippen molar-refractivity contribution in [2.75, 3.05) is 6.61 Å². The van der Waals surface area contributed by atoms with Gasteiger partial charge in [-0.25, -0.2) is 0 Å². The first-order valence-corrected chi connectivity index (χ1v) is 20.4. The van der Waals surface area contributed by atoms with Crippen molar-refractivity contribution in [3.8, 4) is 0 Å². The van der Waals surface area contributed by atoms with E-state index in [0.717, 1.165) is 57.8 Å². The number of nitrogens with one attached hydrogen (secondary N) is 1. The summed E-state index contributed by atoms with van der Waals surface area (Å²) in [5.74, 6) is -0.0941. The molecule has 0 radical (unpaired) electrons. The smallest absolute Gasteiger partial charge is 0.220 e. The van der Waals surface area contributed by atoms with Crippen LogP contribution >= 0.6 is 0 Å². The Morgan fingerprint density at radius 3 is 1.40 bits per heavy atom. The lowest BCUT2D eigenvalue weighted by molar-refractivity contribution is -0.123. The first-order valence-electron chi connectivity index (χ1n) is 20.4. The number of aliphatic hydroxyl groups is 2. The second-order valence-electron chi connectivity index (χ2n) is 13.7. The highest BCUT2D eigenvalue weighted by Crippen LogP contribution is 2.15. The number of hydrogen-bond acceptors (Lipinski definition) is 3. The van der Waals surface area contributed by atoms with Crippen LogP contribution in [0.4, 0.5) is 0 Å². The summed E-state index contributed by atoms with van der Waals surface area (Å²) in [6.45, 7) is 4.18. The minimum Gasteiger partial charge on any atom is -0.394 e. The molecule has 0 aliphatic carbocycles. The van der Waals surface area contributed by atoms with E-state index in [-0.39, 0.29) is 12.5 Å². The van der Waals surface area contributed by atoms with Crippen LogP contribution in [0.1, 0.15) is 200 Å². The lowest BCUT2D eigenvalue weighted by Crippen LogP contribution is -2.45. The third kappa shape index (κ3) is 35.5. The van der Waals surface area contributed by atoms with Crippen molar-refractivity contribution in [2.45, 2.75) is 212 Å². The van der Waals surface area contributed by atoms with Crippen LogP contribution in [0.5, 0.6) is 0 Å². The van der Waals surface area contributed by atoms with Gasteiger partial charge in [0, 0.05) is 6.42 Å². The van der Waals surface area contributed by atoms with E-state index in [9.17, 15) is 15.0 Å². The predicted octanol–water partition coefficient (Wildman–Crippen LogP) is 12.4. The van der Waals surface area contributed by atoms with Crippen molar-refractivity contribution in [3.05, 3.63) is 48.6 Å². The monoisotopic (exact) mass is 658 g/mol. The minimum atomic E-state index is -0.851. The number of unbranched alkanes of at least 4 members (excludes halogenated alkanes) is 23. The summed E-state index contributed by atoms with van der Waals surface area (Å²) in [7, 11) is 0. The first kappa shape index (κ1) is 45.3. The molecule has 0 saturated heterocycles. The third-order valence-corrected chi connectivity index (χ3v) is 9.07. The quantitative estimate of drug-likeness (QED) is 0.0464. The number of rotatable bonds is 36. The summed E-state index contributed by atoms with van der Waals surface area (Å²) < 4.78 is 0. The van der Waals surface area contributed by atoms with Gasteiger partial charge in [-0.1, -0.05) is 191 Å². The highest BCUT2D eigenvalue weighted by molar-refractivity contribution is 5.76. The van der Waals surface area contributed by atoms with E-state index in [4.69, 9.17) is 0 Å². The van der Waals surface area contributed by atoms with Crippen LogP contribution in [0.3, 0.4) is 0 Å². The zero-order chi connectivity index (χ0) is 34.3. The number of aliphatic hydroxyl groups excluding tert-OH is 2. The van der Waals surface area contributed by atoms with Gasteiger partial charge in [0.1, 0.15) is 0 Å². The van der Waals surface area contributed by atoms with E-state index < -0.39 is 12.1 Å². The number of carbonyl (C=O) groups is 1. The number of allylic oxidation sites excluding steroid dienone is 7. The summed E-state index contributed by atoms with van der Waals surface area (Å²) in [5, 5.41) is 22.9. The van der Waals surface area contributed by atoms with Gasteiger partial charge >= 0.3 is 0 Å². The van der Waals surface area contributed by atoms with Gasteiger partial charge in [-0.2, -0.15) is 0 Å². The third-order valence-electron chi connectivity index (χ3n) is 9.07. The van der Waals surface area contributed by atoms with Crippen LogP contribution in [0, 0.1) is 0 Å². The largest absolute Gasteiger partial charge is 0.394 e. The van der Waals surface area contributed by atoms with Gasteiger partial charge in [0.25, 0.3) is 0 Å². The molecule has 1 amide bonds. The summed E-state index contributed by atoms with van der Waals surface area (Å²) in [6, 6.07) is -0.637. The molecule has 274 valence electrons. The molecule has 3 N–H and O–H groups in total. The fourth-order valence-corrected chi connectivity index (χ4v) is 5.96. The molecule has 0 aliphatic rings. The van der Waals surface area contributed by atoms with E-state index in [1.54, 1.807) is 6.08 Å². The fourth-order valence-electron chi connectivity index (χ4n) is 5.96. The summed E-state index contributed by atoms with van der Waals surface area (Å²) in [4.78, 5) is 12.3. The molecule has 47 heavy (non-hydrogen) atoms. The Balaban J connectivity index is 3.59. The lowest BCUT2D eigenvalue weighted by atomic mass is 10.0. The zero-order valence-electron chi connectivity index (χ0n) is 31.3. The molecule has 2 atom stereocenters. The molecule has 4 nitrogen and oxygen atoms in total. The van der Waals surface area contributed by atoms with Crippen LogP contribution in [-0.4, -0.2) is 34.9 Å². The van der Waals surface area contributed by atoms with Crippen molar-refractivity contribution >= 4 is 5.91 Å². The Kier molecular flexibility index (Phi) is 37.4. The summed E-state index contributed by atoms with van der Waals surface area (Å²) >= 11 is 0. The second kappa shape index (κ2) is 38.8. The molecule has 0 aromatic carbocycles. The van der Waals surface area contributed by atoms with E-state index in [1.807, 2.05) is 6.08 Å². The molecule has 0 saturated carbocycles. The van der Waals surface area contributed by atoms with Gasteiger partial charge in [0.15, 0.2) is 0 Å². The Morgan fingerprint density at radius 1 is 0.532 bits per heavy atom. The molecule has 2 unspecified atom stereocenters. The maximum atomic E-state index is 12.3. The van der Waals surface area contributed by atoms with Crippen molar-refractivity contribution in [1.82, 2.24) is 5.32 Å². The van der Waals surface area contributed by atoms with Gasteiger partial charge in [-0.15, -0.1) is 0 Å². The van der Waals surface area contributed by atoms with Gasteiger partial charge in [-0.05, 0) is 51.4 Å². The van der Waals surface area contributed by atoms with Crippen molar-refractivity contribution in [1.29, 1.82) is 0 Å². The molecule has 0 aromatic heterocycles. The fraction of sp³-hybridized carbons (Fsp3) is 0.791. The van der Waals surface area contributed by atoms with E-state index in [2.05, 4.69) is 55.6 Å². The van der Waals surface area contributed by atoms with Gasteiger partial charge < -0.3 is 15.5 Å². The predicted molar refractivity (Wildman–Crippen MR) is 207 cm³/mol. The van der Waals surface area contributed by atoms with Gasteiger partial charge in [0.05, 0.1) is 18.8 Å². The topological polar surface area (TPSA) is 69.6 Å². The SMILES string of the molecule is CC/C=C\C/C=C\C/C=C\CCCCCC(=O)NC(CO)C(O)/C=C/CCCCCCCCCCCCCCCCCCCCCC. The molecular formula is C43H79NO3. The van der Waals surface area contributed by atoms with Crippen molar-refractivity contribution in [2.24, 2.45) is 0 Å². The molecular weight excluding hydrogens is 578 g/mol. The summed E-state index contributed by atoms with van der Waals surface area (Å²) in [5.41, 5.74) is 0. The Bertz CT molecular complexity index is 756. The highest BCUT2D eigenvalue weighted by Gasteiger charge is 2.17. The van der Waals surface area contributed by atoms with Crippen LogP contribution in [0.25, 0.3) is 0 Å². The molecule has 0 heterocycles. The molecule has 4 heteroatoms. The van der Waals surface area contributed by atoms with Crippen LogP contribution in [-0.2, 0) is 4.79 Å². The Morgan fingerprint density at radius 2 is 0.936 bits per heavy atom. The van der Waals surface area contributed by atoms with Crippen LogP contribution in [0.2, 0.25) is 0 Å². The molecule has 0 fully saturated rings. The second-order valence-corrected chi connectivity index (χ2v) is 13.7. The summed E-state index contributed by atoms with van der Waals surface area (Å²) in [6.07, 6.45) is 52.2. The molecule has 0 rings (SSSR count). The molecule has 0 spiro atoms. The van der Waals surface area contributed by atoms with Gasteiger partial charge in [-0.3, -0.25) is 4.79 Å². The van der Waals surface area contributed by atoms with E-state index in [0.29, 0.717) is 6.42 Å². The standard InChI is InChI=1S/C43H79NO3/c1-3-5-7-9-11-13-15-17-18-19-20-21-22-23-24-25-27-28-30-32-34-36-38-42(46)41(40-45)44-43(47)39-37-35-33-31-29-26-16-14-12-10-8-6-4-2/h6,8,12,14,26,29,36,38,41-42,45-46H,3-5,7,9-11,13,15-25,27-28,30-35,37,39-40H2,1-2H3,(H,44,47)/b8-6-,14-12-,29-26-,38-36+. The van der Waals surface area contributed by atoms with Crippen LogP contribution < -0.4 is 5.32 Å². The zero-order valence-corrected chi connectivity index (χ0v) is 31.3. The maximum absolute atomic E-state index is 12.3. The average Bonchev–Trinajstić information content (AvgIpc) is 3.07. The number of carbonyl (C=O) groups excluding carboxylic acids is 1.